The Bertz CT molecular complexity index is 1530. The maximum Gasteiger partial charge on any atom is 0.141 e. The number of rotatable bonds is 10. The minimum absolute atomic E-state index is 0.0187. The van der Waals surface area contributed by atoms with E-state index in [4.69, 9.17) is 17.0 Å². The summed E-state index contributed by atoms with van der Waals surface area (Å²) < 4.78 is 16.2. The summed E-state index contributed by atoms with van der Waals surface area (Å²) in [6.07, 6.45) is 4.25. The topological polar surface area (TPSA) is 115 Å². The lowest BCUT2D eigenvalue weighted by molar-refractivity contribution is 0.475. The number of halogens is 3. The van der Waals surface area contributed by atoms with Crippen molar-refractivity contribution in [3.8, 4) is 6.07 Å². The van der Waals surface area contributed by atoms with Crippen molar-refractivity contribution in [1.29, 1.82) is 10.7 Å². The predicted molar refractivity (Wildman–Crippen MR) is 153 cm³/mol. The van der Waals surface area contributed by atoms with E-state index in [-0.39, 0.29) is 16.9 Å². The largest absolute Gasteiger partial charge is 0.379 e. The van der Waals surface area contributed by atoms with Gasteiger partial charge in [-0.2, -0.15) is 5.26 Å². The van der Waals surface area contributed by atoms with Crippen LogP contribution in [0.4, 0.5) is 21.5 Å². The minimum Gasteiger partial charge on any atom is -0.379 e. The van der Waals surface area contributed by atoms with Crippen molar-refractivity contribution in [1.82, 2.24) is 20.0 Å². The van der Waals surface area contributed by atoms with Crippen molar-refractivity contribution in [2.75, 3.05) is 10.6 Å². The lowest BCUT2D eigenvalue weighted by Gasteiger charge is -2.18. The second kappa shape index (κ2) is 11.9. The van der Waals surface area contributed by atoms with Gasteiger partial charge in [0.05, 0.1) is 41.1 Å². The van der Waals surface area contributed by atoms with Crippen molar-refractivity contribution in [2.24, 2.45) is 11.8 Å². The van der Waals surface area contributed by atoms with Gasteiger partial charge in [-0.05, 0) is 58.6 Å². The Balaban J connectivity index is 1.57. The molecule has 0 fully saturated rings. The fraction of sp³-hybridized carbons (Fsp3) is 0.296. The predicted octanol–water partition coefficient (Wildman–Crippen LogP) is 7.31. The molecule has 196 valence electrons. The molecule has 0 aliphatic heterocycles. The molecule has 0 aliphatic carbocycles. The number of hydrogen-bond acceptors (Lipinski definition) is 7. The van der Waals surface area contributed by atoms with Crippen LogP contribution in [-0.2, 0) is 13.1 Å². The molecule has 1 atom stereocenters. The first-order chi connectivity index (χ1) is 18.2. The van der Waals surface area contributed by atoms with Crippen molar-refractivity contribution in [3.63, 3.8) is 0 Å². The first kappa shape index (κ1) is 27.5. The van der Waals surface area contributed by atoms with E-state index in [9.17, 15) is 9.65 Å². The lowest BCUT2D eigenvalue weighted by Crippen LogP contribution is -2.23. The second-order valence-corrected chi connectivity index (χ2v) is 10.5. The van der Waals surface area contributed by atoms with Gasteiger partial charge in [0.2, 0.25) is 0 Å². The molecule has 4 rings (SSSR count). The monoisotopic (exact) mass is 596 g/mol. The van der Waals surface area contributed by atoms with Gasteiger partial charge >= 0.3 is 0 Å². The van der Waals surface area contributed by atoms with Gasteiger partial charge in [-0.15, -0.1) is 5.10 Å². The number of pyridine rings is 1. The highest BCUT2D eigenvalue weighted by Gasteiger charge is 2.18. The average molecular weight is 598 g/mol. The molecular weight excluding hydrogens is 571 g/mol. The molecule has 0 amide bonds. The average Bonchev–Trinajstić information content (AvgIpc) is 3.35. The zero-order valence-corrected chi connectivity index (χ0v) is 23.5. The van der Waals surface area contributed by atoms with Gasteiger partial charge in [0, 0.05) is 39.1 Å². The molecule has 38 heavy (non-hydrogen) atoms. The molecule has 1 unspecified atom stereocenters. The fourth-order valence-corrected chi connectivity index (χ4v) is 4.89. The molecule has 0 radical (unpaired) electrons. The van der Waals surface area contributed by atoms with Crippen LogP contribution in [-0.4, -0.2) is 25.7 Å². The van der Waals surface area contributed by atoms with E-state index in [2.05, 4.69) is 54.9 Å². The van der Waals surface area contributed by atoms with Gasteiger partial charge in [-0.3, -0.25) is 9.67 Å². The van der Waals surface area contributed by atoms with Gasteiger partial charge in [0.1, 0.15) is 17.6 Å². The Kier molecular flexibility index (Phi) is 8.59. The van der Waals surface area contributed by atoms with Gasteiger partial charge in [0.25, 0.3) is 0 Å². The number of fused-ring (bicyclic) bond motifs is 1. The summed E-state index contributed by atoms with van der Waals surface area (Å²) in [5.41, 5.74) is 4.34. The van der Waals surface area contributed by atoms with Gasteiger partial charge in [-0.1, -0.05) is 37.6 Å². The minimum atomic E-state index is -0.521. The van der Waals surface area contributed by atoms with Gasteiger partial charge in [-0.25, -0.2) is 4.39 Å². The van der Waals surface area contributed by atoms with Crippen molar-refractivity contribution in [3.05, 3.63) is 69.3 Å². The number of nitrogens with one attached hydrogen (secondary N) is 3. The molecule has 0 saturated heterocycles. The zero-order valence-electron chi connectivity index (χ0n) is 21.2. The highest BCUT2D eigenvalue weighted by Crippen LogP contribution is 2.35. The van der Waals surface area contributed by atoms with Crippen LogP contribution >= 0.6 is 27.5 Å². The van der Waals surface area contributed by atoms with Crippen LogP contribution in [0.5, 0.6) is 0 Å². The highest BCUT2D eigenvalue weighted by molar-refractivity contribution is 9.10. The highest BCUT2D eigenvalue weighted by atomic mass is 79.9. The maximum atomic E-state index is 13.7. The lowest BCUT2D eigenvalue weighted by atomic mass is 9.92. The quantitative estimate of drug-likeness (QED) is 0.165. The van der Waals surface area contributed by atoms with Crippen LogP contribution in [0.2, 0.25) is 5.02 Å². The Morgan fingerprint density at radius 1 is 1.26 bits per heavy atom. The van der Waals surface area contributed by atoms with Crippen molar-refractivity contribution in [2.45, 2.75) is 40.3 Å². The van der Waals surface area contributed by atoms with E-state index in [1.54, 1.807) is 10.7 Å². The first-order valence-corrected chi connectivity index (χ1v) is 13.3. The number of benzene rings is 2. The van der Waals surface area contributed by atoms with Crippen LogP contribution < -0.4 is 10.6 Å². The molecule has 11 heteroatoms. The summed E-state index contributed by atoms with van der Waals surface area (Å²) in [6, 6.07) is 10.3. The summed E-state index contributed by atoms with van der Waals surface area (Å²) in [5.74, 6) is -0.198. The molecule has 3 N–H and O–H groups in total. The Morgan fingerprint density at radius 3 is 2.74 bits per heavy atom. The number of nitrogens with zero attached hydrogens (tertiary/aromatic N) is 5. The Hall–Kier alpha value is -3.55. The molecule has 0 spiro atoms. The third-order valence-electron chi connectivity index (χ3n) is 6.26. The number of aromatic nitrogens is 4. The molecule has 2 heterocycles. The smallest absolute Gasteiger partial charge is 0.141 e. The molecule has 4 aromatic rings. The van der Waals surface area contributed by atoms with E-state index in [1.165, 1.54) is 18.3 Å². The summed E-state index contributed by atoms with van der Waals surface area (Å²) >= 11 is 9.55. The summed E-state index contributed by atoms with van der Waals surface area (Å²) in [4.78, 5) is 4.44. The number of hydrogen-bond donors (Lipinski definition) is 3. The van der Waals surface area contributed by atoms with Gasteiger partial charge in [0.15, 0.2) is 0 Å². The first-order valence-electron chi connectivity index (χ1n) is 12.2. The molecule has 0 saturated carbocycles. The fourth-order valence-electron chi connectivity index (χ4n) is 4.15. The Morgan fingerprint density at radius 2 is 2.05 bits per heavy atom. The van der Waals surface area contributed by atoms with Crippen molar-refractivity contribution >= 4 is 61.2 Å². The SMILES string of the molecule is CCC(Cn1cc(CNc2cc(Br)c3ncc(C#N)c(Nc4ccc(F)c(Cl)c4)c3c2)nn1)C(=N)C(C)C. The summed E-state index contributed by atoms with van der Waals surface area (Å²) in [7, 11) is 0. The second-order valence-electron chi connectivity index (χ2n) is 9.27. The van der Waals surface area contributed by atoms with E-state index in [1.807, 2.05) is 32.2 Å². The summed E-state index contributed by atoms with van der Waals surface area (Å²) in [6.45, 7) is 7.20. The number of anilines is 3. The normalized spacial score (nSPS) is 11.9. The molecule has 0 bridgehead atoms. The van der Waals surface area contributed by atoms with Crippen LogP contribution in [0.3, 0.4) is 0 Å². The van der Waals surface area contributed by atoms with E-state index < -0.39 is 5.82 Å². The maximum absolute atomic E-state index is 13.7. The van der Waals surface area contributed by atoms with E-state index in [0.717, 1.165) is 28.0 Å². The molecule has 2 aromatic heterocycles. The van der Waals surface area contributed by atoms with Crippen LogP contribution in [0.1, 0.15) is 38.4 Å². The zero-order chi connectivity index (χ0) is 27.4. The molecular formula is C27H27BrClFN8. The molecule has 2 aromatic carbocycles. The third kappa shape index (κ3) is 6.11. The van der Waals surface area contributed by atoms with Gasteiger partial charge < -0.3 is 16.0 Å². The van der Waals surface area contributed by atoms with E-state index >= 15 is 0 Å². The summed E-state index contributed by atoms with van der Waals surface area (Å²) in [5, 5.41) is 33.8. The Labute approximate surface area is 233 Å². The van der Waals surface area contributed by atoms with Crippen LogP contribution in [0.15, 0.2) is 47.2 Å². The molecule has 8 nitrogen and oxygen atoms in total. The van der Waals surface area contributed by atoms with Crippen LogP contribution in [0, 0.1) is 34.4 Å². The van der Waals surface area contributed by atoms with Crippen molar-refractivity contribution < 1.29 is 4.39 Å². The van der Waals surface area contributed by atoms with E-state index in [0.29, 0.717) is 40.9 Å². The standard InChI is InChI=1S/C27H27BrClFN8/c1-4-16(25(32)15(2)3)13-38-14-20(36-37-38)12-33-19-7-21-26(35-18-5-6-24(30)23(29)9-18)17(10-31)11-34-27(21)22(28)8-19/h5-9,11,14-16,32-33H,4,12-13H2,1-3H3,(H,34,35). The number of nitriles is 1. The molecule has 0 aliphatic rings. The van der Waals surface area contributed by atoms with Crippen LogP contribution in [0.25, 0.3) is 10.9 Å². The third-order valence-corrected chi connectivity index (χ3v) is 7.15.